The largest absolute Gasteiger partial charge is 0.452 e. The minimum Gasteiger partial charge on any atom is -0.452 e. The number of hydrogen-bond donors (Lipinski definition) is 0. The van der Waals surface area contributed by atoms with Crippen LogP contribution in [0.3, 0.4) is 0 Å². The molecule has 0 saturated carbocycles. The number of ether oxygens (including phenoxy) is 2. The lowest BCUT2D eigenvalue weighted by molar-refractivity contribution is -0.164. The van der Waals surface area contributed by atoms with Crippen LogP contribution in [0.25, 0.3) is 0 Å². The summed E-state index contributed by atoms with van der Waals surface area (Å²) >= 11 is 1.72. The van der Waals surface area contributed by atoms with Crippen molar-refractivity contribution in [3.8, 4) is 0 Å². The summed E-state index contributed by atoms with van der Waals surface area (Å²) in [5, 5.41) is 2.05. The highest BCUT2D eigenvalue weighted by molar-refractivity contribution is 7.10. The maximum absolute atomic E-state index is 12.7. The molecule has 2 aliphatic heterocycles. The van der Waals surface area contributed by atoms with Crippen LogP contribution in [0.1, 0.15) is 51.0 Å². The van der Waals surface area contributed by atoms with Crippen LogP contribution >= 0.6 is 11.3 Å². The predicted molar refractivity (Wildman–Crippen MR) is 110 cm³/mol. The molecule has 7 nitrogen and oxygen atoms in total. The molecule has 1 saturated heterocycles. The zero-order valence-corrected chi connectivity index (χ0v) is 18.4. The Hall–Kier alpha value is -2.09. The lowest BCUT2D eigenvalue weighted by Gasteiger charge is -2.33. The van der Waals surface area contributed by atoms with Gasteiger partial charge in [-0.05, 0) is 64.0 Å². The minimum atomic E-state index is -0.799. The molecule has 3 rings (SSSR count). The molecule has 0 spiro atoms. The second-order valence-electron chi connectivity index (χ2n) is 8.70. The van der Waals surface area contributed by atoms with Gasteiger partial charge in [-0.3, -0.25) is 9.59 Å². The third kappa shape index (κ3) is 5.50. The van der Waals surface area contributed by atoms with E-state index in [0.717, 1.165) is 6.42 Å². The highest BCUT2D eigenvalue weighted by atomic mass is 32.1. The van der Waals surface area contributed by atoms with E-state index in [0.29, 0.717) is 39.0 Å². The van der Waals surface area contributed by atoms with E-state index in [1.807, 2.05) is 26.2 Å². The van der Waals surface area contributed by atoms with E-state index >= 15 is 0 Å². The number of carbonyl (C=O) groups is 3. The number of nitrogens with zero attached hydrogens (tertiary/aromatic N) is 2. The lowest BCUT2D eigenvalue weighted by atomic mass is 9.97. The molecule has 160 valence electrons. The van der Waals surface area contributed by atoms with Crippen LogP contribution in [0.4, 0.5) is 4.79 Å². The first-order valence-corrected chi connectivity index (χ1v) is 11.0. The smallest absolute Gasteiger partial charge is 0.410 e. The van der Waals surface area contributed by atoms with Crippen LogP contribution in [0.5, 0.6) is 0 Å². The summed E-state index contributed by atoms with van der Waals surface area (Å²) in [6.45, 7) is 9.25. The van der Waals surface area contributed by atoms with E-state index in [-0.39, 0.29) is 23.9 Å². The highest BCUT2D eigenvalue weighted by Crippen LogP contribution is 2.25. The van der Waals surface area contributed by atoms with Crippen LogP contribution in [-0.2, 0) is 32.0 Å². The number of thiophene rings is 1. The first kappa shape index (κ1) is 21.6. The van der Waals surface area contributed by atoms with Gasteiger partial charge in [0.2, 0.25) is 0 Å². The zero-order valence-electron chi connectivity index (χ0n) is 17.6. The third-order valence-corrected chi connectivity index (χ3v) is 6.26. The average Bonchev–Trinajstić information content (AvgIpc) is 3.13. The maximum Gasteiger partial charge on any atom is 0.410 e. The van der Waals surface area contributed by atoms with E-state index in [4.69, 9.17) is 9.47 Å². The van der Waals surface area contributed by atoms with Crippen LogP contribution < -0.4 is 0 Å². The SMILES string of the molecule is CC(OC(=O)C1CCN(C(=O)OC(C)(C)C)CC1)C(=O)N1CCc2sccc2C1. The van der Waals surface area contributed by atoms with Crippen molar-refractivity contribution in [3.05, 3.63) is 21.9 Å². The minimum absolute atomic E-state index is 0.151. The van der Waals surface area contributed by atoms with Crippen molar-refractivity contribution in [2.24, 2.45) is 5.92 Å². The number of esters is 1. The average molecular weight is 423 g/mol. The molecular weight excluding hydrogens is 392 g/mol. The van der Waals surface area contributed by atoms with E-state index in [2.05, 4.69) is 6.07 Å². The van der Waals surface area contributed by atoms with Gasteiger partial charge in [0.25, 0.3) is 5.91 Å². The Bertz CT molecular complexity index is 761. The van der Waals surface area contributed by atoms with Gasteiger partial charge in [-0.25, -0.2) is 4.79 Å². The van der Waals surface area contributed by atoms with Gasteiger partial charge >= 0.3 is 12.1 Å². The van der Waals surface area contributed by atoms with Gasteiger partial charge in [-0.2, -0.15) is 0 Å². The van der Waals surface area contributed by atoms with Gasteiger partial charge in [0.1, 0.15) is 5.60 Å². The summed E-state index contributed by atoms with van der Waals surface area (Å²) in [5.74, 6) is -0.807. The van der Waals surface area contributed by atoms with E-state index in [1.54, 1.807) is 28.1 Å². The maximum atomic E-state index is 12.7. The fourth-order valence-corrected chi connectivity index (χ4v) is 4.53. The molecule has 3 heterocycles. The fraction of sp³-hybridized carbons (Fsp3) is 0.667. The van der Waals surface area contributed by atoms with Crippen molar-refractivity contribution in [1.29, 1.82) is 0 Å². The molecule has 29 heavy (non-hydrogen) atoms. The topological polar surface area (TPSA) is 76.1 Å². The van der Waals surface area contributed by atoms with Crippen LogP contribution in [0, 0.1) is 5.92 Å². The van der Waals surface area contributed by atoms with Crippen molar-refractivity contribution in [2.45, 2.75) is 65.2 Å². The first-order chi connectivity index (χ1) is 13.6. The normalized spacial score (nSPS) is 18.8. The van der Waals surface area contributed by atoms with Crippen LogP contribution in [0.2, 0.25) is 0 Å². The van der Waals surface area contributed by atoms with E-state index < -0.39 is 11.7 Å². The molecule has 0 aromatic carbocycles. The van der Waals surface area contributed by atoms with Crippen molar-refractivity contribution >= 4 is 29.3 Å². The van der Waals surface area contributed by atoms with E-state index in [9.17, 15) is 14.4 Å². The van der Waals surface area contributed by atoms with Crippen LogP contribution in [0.15, 0.2) is 11.4 Å². The molecule has 2 amide bonds. The number of fused-ring (bicyclic) bond motifs is 1. The predicted octanol–water partition coefficient (Wildman–Crippen LogP) is 3.21. The number of rotatable bonds is 3. The summed E-state index contributed by atoms with van der Waals surface area (Å²) in [5.41, 5.74) is 0.642. The fourth-order valence-electron chi connectivity index (χ4n) is 3.64. The Morgan fingerprint density at radius 1 is 1.14 bits per heavy atom. The van der Waals surface area contributed by atoms with Gasteiger partial charge < -0.3 is 19.3 Å². The summed E-state index contributed by atoms with van der Waals surface area (Å²) in [4.78, 5) is 42.1. The Morgan fingerprint density at radius 3 is 2.48 bits per heavy atom. The molecule has 0 radical (unpaired) electrons. The molecule has 1 atom stereocenters. The monoisotopic (exact) mass is 422 g/mol. The van der Waals surface area contributed by atoms with Gasteiger partial charge in [0, 0.05) is 31.1 Å². The number of hydrogen-bond acceptors (Lipinski definition) is 6. The van der Waals surface area contributed by atoms with Gasteiger partial charge in [0.05, 0.1) is 5.92 Å². The molecule has 2 aliphatic rings. The van der Waals surface area contributed by atoms with Crippen LogP contribution in [-0.4, -0.2) is 59.1 Å². The third-order valence-electron chi connectivity index (χ3n) is 5.24. The number of amides is 2. The highest BCUT2D eigenvalue weighted by Gasteiger charge is 2.33. The molecule has 0 N–H and O–H groups in total. The quantitative estimate of drug-likeness (QED) is 0.699. The standard InChI is InChI=1S/C21H30N2O5S/c1-14(18(24)23-11-7-17-16(13-23)8-12-29-17)27-19(25)15-5-9-22(10-6-15)20(26)28-21(2,3)4/h8,12,14-15H,5-7,9-11,13H2,1-4H3. The molecule has 1 aromatic rings. The Morgan fingerprint density at radius 2 is 1.83 bits per heavy atom. The molecular formula is C21H30N2O5S. The lowest BCUT2D eigenvalue weighted by Crippen LogP contribution is -2.45. The summed E-state index contributed by atoms with van der Waals surface area (Å²) < 4.78 is 10.9. The van der Waals surface area contributed by atoms with Gasteiger partial charge in [-0.1, -0.05) is 0 Å². The van der Waals surface area contributed by atoms with Gasteiger partial charge in [-0.15, -0.1) is 11.3 Å². The summed E-state index contributed by atoms with van der Waals surface area (Å²) in [6.07, 6.45) is 0.724. The molecule has 1 aromatic heterocycles. The van der Waals surface area contributed by atoms with Crippen molar-refractivity contribution in [2.75, 3.05) is 19.6 Å². The number of likely N-dealkylation sites (tertiary alicyclic amines) is 1. The molecule has 0 bridgehead atoms. The molecule has 8 heteroatoms. The second kappa shape index (κ2) is 8.73. The van der Waals surface area contributed by atoms with Crippen molar-refractivity contribution in [3.63, 3.8) is 0 Å². The Kier molecular flexibility index (Phi) is 6.51. The zero-order chi connectivity index (χ0) is 21.2. The summed E-state index contributed by atoms with van der Waals surface area (Å²) in [7, 11) is 0. The number of piperidine rings is 1. The van der Waals surface area contributed by atoms with Gasteiger partial charge in [0.15, 0.2) is 6.10 Å². The first-order valence-electron chi connectivity index (χ1n) is 10.2. The second-order valence-corrected chi connectivity index (χ2v) is 9.70. The molecule has 0 aliphatic carbocycles. The number of carbonyl (C=O) groups excluding carboxylic acids is 3. The van der Waals surface area contributed by atoms with Crippen molar-refractivity contribution < 1.29 is 23.9 Å². The molecule has 1 fully saturated rings. The Balaban J connectivity index is 1.46. The Labute approximate surface area is 175 Å². The summed E-state index contributed by atoms with van der Waals surface area (Å²) in [6, 6.07) is 2.05. The molecule has 1 unspecified atom stereocenters. The van der Waals surface area contributed by atoms with Crippen molar-refractivity contribution in [1.82, 2.24) is 9.80 Å². The van der Waals surface area contributed by atoms with E-state index in [1.165, 1.54) is 10.4 Å².